The van der Waals surface area contributed by atoms with Crippen LogP contribution in [-0.4, -0.2) is 36.6 Å². The topological polar surface area (TPSA) is 67.2 Å². The van der Waals surface area contributed by atoms with E-state index in [4.69, 9.17) is 0 Å². The Balaban J connectivity index is 2.25. The fourth-order valence-corrected chi connectivity index (χ4v) is 2.86. The molecule has 1 N–H and O–H groups in total. The highest BCUT2D eigenvalue weighted by Crippen LogP contribution is 2.23. The first-order chi connectivity index (χ1) is 9.41. The van der Waals surface area contributed by atoms with Crippen molar-refractivity contribution in [1.29, 1.82) is 0 Å². The molecule has 20 heavy (non-hydrogen) atoms. The van der Waals surface area contributed by atoms with Gasteiger partial charge in [-0.3, -0.25) is 4.68 Å². The first-order valence-corrected chi connectivity index (χ1v) is 7.58. The van der Waals surface area contributed by atoms with Crippen molar-refractivity contribution >= 4 is 15.7 Å². The number of para-hydroxylation sites is 1. The summed E-state index contributed by atoms with van der Waals surface area (Å²) in [5.74, 6) is 0. The second-order valence-electron chi connectivity index (χ2n) is 4.66. The summed E-state index contributed by atoms with van der Waals surface area (Å²) in [6.45, 7) is 0.522. The Hall–Kier alpha value is -1.86. The van der Waals surface area contributed by atoms with E-state index in [9.17, 15) is 8.42 Å². The molecular formula is C13H18N4O2S. The standard InChI is InChI=1S/C13H18N4O2S/c1-16(2)20(18,19)13-7-5-4-6-12(13)14-8-11-9-15-17(3)10-11/h4-7,9-10,14H,8H2,1-3H3. The van der Waals surface area contributed by atoms with Gasteiger partial charge >= 0.3 is 0 Å². The number of aromatic nitrogens is 2. The summed E-state index contributed by atoms with van der Waals surface area (Å²) in [4.78, 5) is 0.272. The Morgan fingerprint density at radius 1 is 1.30 bits per heavy atom. The van der Waals surface area contributed by atoms with Crippen LogP contribution in [0.5, 0.6) is 0 Å². The SMILES string of the molecule is CN(C)S(=O)(=O)c1ccccc1NCc1cnn(C)c1. The van der Waals surface area contributed by atoms with E-state index in [-0.39, 0.29) is 4.90 Å². The van der Waals surface area contributed by atoms with E-state index in [0.29, 0.717) is 12.2 Å². The minimum absolute atomic E-state index is 0.272. The summed E-state index contributed by atoms with van der Waals surface area (Å²) >= 11 is 0. The van der Waals surface area contributed by atoms with Crippen molar-refractivity contribution < 1.29 is 8.42 Å². The molecule has 108 valence electrons. The summed E-state index contributed by atoms with van der Waals surface area (Å²) in [5.41, 5.74) is 1.58. The highest BCUT2D eigenvalue weighted by molar-refractivity contribution is 7.89. The lowest BCUT2D eigenvalue weighted by Gasteiger charge is -2.15. The van der Waals surface area contributed by atoms with Crippen molar-refractivity contribution in [2.45, 2.75) is 11.4 Å². The third-order valence-corrected chi connectivity index (χ3v) is 4.76. The molecule has 0 spiro atoms. The van der Waals surface area contributed by atoms with Crippen LogP contribution in [0, 0.1) is 0 Å². The van der Waals surface area contributed by atoms with Gasteiger partial charge < -0.3 is 5.32 Å². The van der Waals surface area contributed by atoms with Crippen molar-refractivity contribution in [2.75, 3.05) is 19.4 Å². The fraction of sp³-hybridized carbons (Fsp3) is 0.308. The summed E-state index contributed by atoms with van der Waals surface area (Å²) < 4.78 is 27.4. The second-order valence-corrected chi connectivity index (χ2v) is 6.78. The molecule has 1 heterocycles. The van der Waals surface area contributed by atoms with E-state index < -0.39 is 10.0 Å². The van der Waals surface area contributed by atoms with Gasteiger partial charge in [0.2, 0.25) is 10.0 Å². The monoisotopic (exact) mass is 294 g/mol. The second kappa shape index (κ2) is 5.64. The molecule has 1 aromatic heterocycles. The van der Waals surface area contributed by atoms with Crippen LogP contribution in [-0.2, 0) is 23.6 Å². The van der Waals surface area contributed by atoms with Gasteiger partial charge in [0.1, 0.15) is 4.90 Å². The quantitative estimate of drug-likeness (QED) is 0.902. The predicted octanol–water partition coefficient (Wildman–Crippen LogP) is 1.28. The highest BCUT2D eigenvalue weighted by Gasteiger charge is 2.20. The van der Waals surface area contributed by atoms with Gasteiger partial charge in [0.05, 0.1) is 11.9 Å². The van der Waals surface area contributed by atoms with Crippen LogP contribution in [0.1, 0.15) is 5.56 Å². The van der Waals surface area contributed by atoms with Gasteiger partial charge in [-0.2, -0.15) is 5.10 Å². The van der Waals surface area contributed by atoms with Crippen LogP contribution < -0.4 is 5.32 Å². The number of sulfonamides is 1. The fourth-order valence-electron chi connectivity index (χ4n) is 1.79. The van der Waals surface area contributed by atoms with E-state index >= 15 is 0 Å². The van der Waals surface area contributed by atoms with Crippen molar-refractivity contribution in [3.05, 3.63) is 42.2 Å². The summed E-state index contributed by atoms with van der Waals surface area (Å²) in [7, 11) is 1.43. The van der Waals surface area contributed by atoms with Crippen molar-refractivity contribution in [2.24, 2.45) is 7.05 Å². The summed E-state index contributed by atoms with van der Waals surface area (Å²) in [6, 6.07) is 6.87. The maximum absolute atomic E-state index is 12.2. The van der Waals surface area contributed by atoms with Gasteiger partial charge in [0.15, 0.2) is 0 Å². The van der Waals surface area contributed by atoms with Gasteiger partial charge in [-0.15, -0.1) is 0 Å². The molecule has 0 atom stereocenters. The number of anilines is 1. The Morgan fingerprint density at radius 3 is 2.60 bits per heavy atom. The average Bonchev–Trinajstić information content (AvgIpc) is 2.82. The molecule has 6 nitrogen and oxygen atoms in total. The lowest BCUT2D eigenvalue weighted by Crippen LogP contribution is -2.23. The molecule has 0 radical (unpaired) electrons. The molecule has 0 saturated carbocycles. The van der Waals surface area contributed by atoms with Crippen LogP contribution in [0.3, 0.4) is 0 Å². The molecule has 0 aliphatic rings. The molecule has 2 aromatic rings. The van der Waals surface area contributed by atoms with Crippen LogP contribution >= 0.6 is 0 Å². The van der Waals surface area contributed by atoms with Crippen molar-refractivity contribution in [1.82, 2.24) is 14.1 Å². The number of nitrogens with one attached hydrogen (secondary N) is 1. The largest absolute Gasteiger partial charge is 0.380 e. The summed E-state index contributed by atoms with van der Waals surface area (Å²) in [5, 5.41) is 7.22. The van der Waals surface area contributed by atoms with E-state index in [1.807, 2.05) is 13.2 Å². The number of benzene rings is 1. The molecule has 1 aromatic carbocycles. The average molecular weight is 294 g/mol. The Kier molecular flexibility index (Phi) is 4.10. The summed E-state index contributed by atoms with van der Waals surface area (Å²) in [6.07, 6.45) is 3.63. The number of nitrogens with zero attached hydrogens (tertiary/aromatic N) is 3. The lowest BCUT2D eigenvalue weighted by atomic mass is 10.3. The Bertz CT molecular complexity index is 692. The zero-order valence-electron chi connectivity index (χ0n) is 11.7. The number of aryl methyl sites for hydroxylation is 1. The van der Waals surface area contributed by atoms with Gasteiger partial charge in [0, 0.05) is 39.4 Å². The molecule has 0 aliphatic carbocycles. The first-order valence-electron chi connectivity index (χ1n) is 6.14. The molecule has 0 amide bonds. The third kappa shape index (κ3) is 3.00. The Labute approximate surface area is 119 Å². The molecular weight excluding hydrogens is 276 g/mol. The number of rotatable bonds is 5. The van der Waals surface area contributed by atoms with E-state index in [1.54, 1.807) is 35.1 Å². The zero-order valence-corrected chi connectivity index (χ0v) is 12.6. The van der Waals surface area contributed by atoms with Crippen LogP contribution in [0.2, 0.25) is 0 Å². The smallest absolute Gasteiger partial charge is 0.244 e. The molecule has 0 aliphatic heterocycles. The molecule has 0 fully saturated rings. The van der Waals surface area contributed by atoms with Gasteiger partial charge in [-0.25, -0.2) is 12.7 Å². The van der Waals surface area contributed by atoms with E-state index in [2.05, 4.69) is 10.4 Å². The van der Waals surface area contributed by atoms with Crippen molar-refractivity contribution in [3.63, 3.8) is 0 Å². The number of hydrogen-bond acceptors (Lipinski definition) is 4. The van der Waals surface area contributed by atoms with E-state index in [0.717, 1.165) is 5.56 Å². The minimum atomic E-state index is -3.46. The zero-order chi connectivity index (χ0) is 14.8. The van der Waals surface area contributed by atoms with Gasteiger partial charge in [-0.1, -0.05) is 12.1 Å². The van der Waals surface area contributed by atoms with Crippen molar-refractivity contribution in [3.8, 4) is 0 Å². The van der Waals surface area contributed by atoms with Gasteiger partial charge in [-0.05, 0) is 12.1 Å². The molecule has 0 unspecified atom stereocenters. The predicted molar refractivity (Wildman–Crippen MR) is 77.8 cm³/mol. The first kappa shape index (κ1) is 14.5. The maximum Gasteiger partial charge on any atom is 0.244 e. The van der Waals surface area contributed by atoms with Gasteiger partial charge in [0.25, 0.3) is 0 Å². The lowest BCUT2D eigenvalue weighted by molar-refractivity contribution is 0.521. The molecule has 0 saturated heterocycles. The normalized spacial score (nSPS) is 11.8. The third-order valence-electron chi connectivity index (χ3n) is 2.89. The molecule has 2 rings (SSSR count). The van der Waals surface area contributed by atoms with E-state index in [1.165, 1.54) is 18.4 Å². The Morgan fingerprint density at radius 2 is 2.00 bits per heavy atom. The molecule has 7 heteroatoms. The highest BCUT2D eigenvalue weighted by atomic mass is 32.2. The van der Waals surface area contributed by atoms with Crippen LogP contribution in [0.15, 0.2) is 41.6 Å². The van der Waals surface area contributed by atoms with Crippen LogP contribution in [0.25, 0.3) is 0 Å². The maximum atomic E-state index is 12.2. The molecule has 0 bridgehead atoms. The number of hydrogen-bond donors (Lipinski definition) is 1. The minimum Gasteiger partial charge on any atom is -0.380 e. The van der Waals surface area contributed by atoms with Crippen LogP contribution in [0.4, 0.5) is 5.69 Å².